The van der Waals surface area contributed by atoms with E-state index < -0.39 is 0 Å². The van der Waals surface area contributed by atoms with E-state index in [-0.39, 0.29) is 0 Å². The lowest BCUT2D eigenvalue weighted by molar-refractivity contribution is -0.436. The van der Waals surface area contributed by atoms with Crippen molar-refractivity contribution in [1.29, 1.82) is 0 Å². The van der Waals surface area contributed by atoms with Crippen molar-refractivity contribution < 1.29 is 4.58 Å². The summed E-state index contributed by atoms with van der Waals surface area (Å²) >= 11 is 20.5. The predicted molar refractivity (Wildman–Crippen MR) is 196 cm³/mol. The Labute approximate surface area is 280 Å². The van der Waals surface area contributed by atoms with Crippen LogP contribution < -0.4 is 5.35 Å². The Morgan fingerprint density at radius 1 is 0.756 bits per heavy atom. The third-order valence-electron chi connectivity index (χ3n) is 9.46. The molecule has 1 aromatic heterocycles. The van der Waals surface area contributed by atoms with Crippen LogP contribution in [0.25, 0.3) is 38.5 Å². The summed E-state index contributed by atoms with van der Waals surface area (Å²) in [6.45, 7) is 6.44. The standard InChI is InChI=1S/C40H38Cl3N2/c1-3-5-24-44-34(30-14-8-12-28-32(41)18-22-36(44)38(28)30)20-16-26-10-7-11-27(40(26)43)17-21-35-31-15-9-13-29-33(42)19-23-37(39(29)31)45(35)25-6-4-2/h8-9,12-23H,3-7,10-11,24-25H2,1-2H3/q+1. The molecule has 2 aliphatic rings. The van der Waals surface area contributed by atoms with Crippen LogP contribution in [0, 0.1) is 0 Å². The molecule has 0 fully saturated rings. The number of allylic oxidation sites excluding steroid dienone is 6. The molecule has 0 radical (unpaired) electrons. The minimum Gasteiger partial charge on any atom is -0.340 e. The fourth-order valence-corrected chi connectivity index (χ4v) is 7.93. The normalized spacial score (nSPS) is 16.7. The Kier molecular flexibility index (Phi) is 8.66. The van der Waals surface area contributed by atoms with E-state index in [2.05, 4.69) is 95.8 Å². The Morgan fingerprint density at radius 2 is 1.49 bits per heavy atom. The van der Waals surface area contributed by atoms with E-state index in [9.17, 15) is 0 Å². The van der Waals surface area contributed by atoms with Gasteiger partial charge in [-0.05, 0) is 67.2 Å². The van der Waals surface area contributed by atoms with Crippen LogP contribution in [0.5, 0.6) is 0 Å². The van der Waals surface area contributed by atoms with E-state index in [1.165, 1.54) is 55.1 Å². The number of hydrogen-bond donors (Lipinski definition) is 0. The second-order valence-electron chi connectivity index (χ2n) is 12.3. The zero-order valence-electron chi connectivity index (χ0n) is 26.0. The molecule has 7 rings (SSSR count). The predicted octanol–water partition coefficient (Wildman–Crippen LogP) is 11.7. The summed E-state index contributed by atoms with van der Waals surface area (Å²) in [6, 6.07) is 21.3. The zero-order chi connectivity index (χ0) is 31.1. The van der Waals surface area contributed by atoms with Gasteiger partial charge in [0, 0.05) is 72.6 Å². The Morgan fingerprint density at radius 3 is 2.29 bits per heavy atom. The molecule has 4 aromatic carbocycles. The average molecular weight is 653 g/mol. The van der Waals surface area contributed by atoms with E-state index in [1.54, 1.807) is 0 Å². The molecule has 5 heteroatoms. The molecular weight excluding hydrogens is 615 g/mol. The zero-order valence-corrected chi connectivity index (χ0v) is 28.2. The highest BCUT2D eigenvalue weighted by Gasteiger charge is 2.31. The molecule has 0 N–H and O–H groups in total. The lowest BCUT2D eigenvalue weighted by Crippen LogP contribution is -2.16. The van der Waals surface area contributed by atoms with E-state index in [0.29, 0.717) is 0 Å². The average Bonchev–Trinajstić information content (AvgIpc) is 3.53. The van der Waals surface area contributed by atoms with Crippen LogP contribution in [0.4, 0.5) is 5.69 Å². The van der Waals surface area contributed by atoms with Crippen molar-refractivity contribution in [3.05, 3.63) is 116 Å². The SMILES string of the molecule is CCCCn1c(=CC=C2CCCC(C=CC3=[N+](CCCC)c4ccc(Cl)c5cccc3c45)=C2Cl)c2cccc3c(Cl)ccc1c32. The van der Waals surface area contributed by atoms with Crippen LogP contribution in [0.15, 0.2) is 95.1 Å². The minimum atomic E-state index is 0.802. The van der Waals surface area contributed by atoms with E-state index >= 15 is 0 Å². The largest absolute Gasteiger partial charge is 0.340 e. The van der Waals surface area contributed by atoms with E-state index in [1.807, 2.05) is 12.1 Å². The molecule has 45 heavy (non-hydrogen) atoms. The number of nitrogens with zero attached hydrogens (tertiary/aromatic N) is 2. The molecule has 5 aromatic rings. The van der Waals surface area contributed by atoms with Crippen molar-refractivity contribution in [3.8, 4) is 0 Å². The van der Waals surface area contributed by atoms with Gasteiger partial charge in [-0.1, -0.05) is 104 Å². The first-order valence-corrected chi connectivity index (χ1v) is 17.5. The fraction of sp³-hybridized carbons (Fsp3) is 0.275. The first-order chi connectivity index (χ1) is 22.0. The number of benzene rings is 4. The third kappa shape index (κ3) is 5.35. The quantitative estimate of drug-likeness (QED) is 0.140. The van der Waals surface area contributed by atoms with Crippen molar-refractivity contribution in [3.63, 3.8) is 0 Å². The van der Waals surface area contributed by atoms with Crippen molar-refractivity contribution in [1.82, 2.24) is 4.57 Å². The molecule has 0 atom stereocenters. The van der Waals surface area contributed by atoms with Crippen LogP contribution in [0.2, 0.25) is 10.0 Å². The van der Waals surface area contributed by atoms with E-state index in [4.69, 9.17) is 34.8 Å². The maximum atomic E-state index is 7.20. The summed E-state index contributed by atoms with van der Waals surface area (Å²) in [5.41, 5.74) is 7.36. The molecule has 1 aliphatic heterocycles. The topological polar surface area (TPSA) is 7.94 Å². The number of aromatic nitrogens is 1. The summed E-state index contributed by atoms with van der Waals surface area (Å²) < 4.78 is 4.92. The summed E-state index contributed by atoms with van der Waals surface area (Å²) in [7, 11) is 0. The van der Waals surface area contributed by atoms with Crippen molar-refractivity contribution >= 4 is 84.7 Å². The molecule has 0 amide bonds. The van der Waals surface area contributed by atoms with Gasteiger partial charge in [-0.15, -0.1) is 0 Å². The molecule has 0 bridgehead atoms. The maximum absolute atomic E-state index is 7.20. The molecule has 0 saturated heterocycles. The summed E-state index contributed by atoms with van der Waals surface area (Å²) in [5, 5.41) is 9.68. The van der Waals surface area contributed by atoms with Gasteiger partial charge in [0.15, 0.2) is 0 Å². The highest BCUT2D eigenvalue weighted by molar-refractivity contribution is 6.38. The van der Waals surface area contributed by atoms with Gasteiger partial charge in [0.1, 0.15) is 6.54 Å². The van der Waals surface area contributed by atoms with Crippen LogP contribution in [0.1, 0.15) is 64.4 Å². The highest BCUT2D eigenvalue weighted by Crippen LogP contribution is 2.40. The van der Waals surface area contributed by atoms with Crippen LogP contribution in [-0.2, 0) is 6.54 Å². The fourth-order valence-electron chi connectivity index (χ4n) is 7.17. The minimum absolute atomic E-state index is 0.802. The first kappa shape index (κ1) is 30.4. The first-order valence-electron chi connectivity index (χ1n) is 16.3. The molecule has 2 heterocycles. The van der Waals surface area contributed by atoms with Crippen LogP contribution in [-0.4, -0.2) is 21.4 Å². The molecule has 2 nitrogen and oxygen atoms in total. The summed E-state index contributed by atoms with van der Waals surface area (Å²) in [6.07, 6.45) is 16.6. The van der Waals surface area contributed by atoms with Crippen molar-refractivity contribution in [2.75, 3.05) is 6.54 Å². The summed E-state index contributed by atoms with van der Waals surface area (Å²) in [4.78, 5) is 0. The Bertz CT molecular complexity index is 2140. The molecule has 228 valence electrons. The lowest BCUT2D eigenvalue weighted by atomic mass is 9.93. The van der Waals surface area contributed by atoms with Gasteiger partial charge in [0.05, 0.1) is 10.9 Å². The smallest absolute Gasteiger partial charge is 0.214 e. The number of aryl methyl sites for hydroxylation is 1. The second-order valence-corrected chi connectivity index (χ2v) is 13.4. The number of rotatable bonds is 9. The van der Waals surface area contributed by atoms with Crippen molar-refractivity contribution in [2.45, 2.75) is 65.3 Å². The third-order valence-corrected chi connectivity index (χ3v) is 10.6. The second kappa shape index (κ2) is 12.8. The number of halogens is 3. The van der Waals surface area contributed by atoms with Gasteiger partial charge < -0.3 is 4.57 Å². The Balaban J connectivity index is 1.30. The monoisotopic (exact) mass is 651 g/mol. The lowest BCUT2D eigenvalue weighted by Gasteiger charge is -2.16. The van der Waals surface area contributed by atoms with Gasteiger partial charge in [-0.2, -0.15) is 4.58 Å². The van der Waals surface area contributed by atoms with E-state index in [0.717, 1.165) is 83.9 Å². The highest BCUT2D eigenvalue weighted by atomic mass is 35.5. The van der Waals surface area contributed by atoms with Crippen LogP contribution in [0.3, 0.4) is 0 Å². The molecule has 0 spiro atoms. The van der Waals surface area contributed by atoms with Crippen molar-refractivity contribution in [2.24, 2.45) is 0 Å². The maximum Gasteiger partial charge on any atom is 0.214 e. The van der Waals surface area contributed by atoms with Gasteiger partial charge >= 0.3 is 0 Å². The van der Waals surface area contributed by atoms with Gasteiger partial charge in [-0.3, -0.25) is 0 Å². The van der Waals surface area contributed by atoms with Gasteiger partial charge in [0.2, 0.25) is 11.4 Å². The molecular formula is C40H38Cl3N2+. The van der Waals surface area contributed by atoms with Crippen LogP contribution >= 0.6 is 34.8 Å². The summed E-state index contributed by atoms with van der Waals surface area (Å²) in [5.74, 6) is 0. The molecule has 0 saturated carbocycles. The number of hydrogen-bond acceptors (Lipinski definition) is 0. The number of unbranched alkanes of at least 4 members (excludes halogenated alkanes) is 2. The Hall–Kier alpha value is -3.30. The molecule has 1 aliphatic carbocycles. The van der Waals surface area contributed by atoms with Gasteiger partial charge in [-0.25, -0.2) is 0 Å². The molecule has 0 unspecified atom stereocenters. The van der Waals surface area contributed by atoms with Gasteiger partial charge in [0.25, 0.3) is 0 Å².